The molecule has 0 bridgehead atoms. The number of rotatable bonds is 5. The second kappa shape index (κ2) is 7.07. The molecule has 3 rings (SSSR count). The van der Waals surface area contributed by atoms with Crippen LogP contribution in [0.3, 0.4) is 0 Å². The molecule has 8 nitrogen and oxygen atoms in total. The average Bonchev–Trinajstić information content (AvgIpc) is 2.92. The minimum absolute atomic E-state index is 0.00189. The van der Waals surface area contributed by atoms with Gasteiger partial charge in [-0.25, -0.2) is 4.79 Å². The molecule has 8 heteroatoms. The van der Waals surface area contributed by atoms with Crippen molar-refractivity contribution in [3.8, 4) is 5.75 Å². The SMILES string of the molecule is COc1cc(C(=O)c2c(C)c(C(=O)O)c3cc(NC(C)=O)ccn23)ccc1N. The molecule has 2 aromatic heterocycles. The lowest BCUT2D eigenvalue weighted by molar-refractivity contribution is -0.114. The van der Waals surface area contributed by atoms with E-state index >= 15 is 0 Å². The van der Waals surface area contributed by atoms with Crippen molar-refractivity contribution in [2.45, 2.75) is 13.8 Å². The van der Waals surface area contributed by atoms with Crippen LogP contribution in [-0.2, 0) is 4.79 Å². The van der Waals surface area contributed by atoms with Gasteiger partial charge in [-0.05, 0) is 42.8 Å². The van der Waals surface area contributed by atoms with Gasteiger partial charge in [-0.15, -0.1) is 0 Å². The number of anilines is 2. The van der Waals surface area contributed by atoms with Gasteiger partial charge in [-0.3, -0.25) is 9.59 Å². The third-order valence-corrected chi connectivity index (χ3v) is 4.43. The van der Waals surface area contributed by atoms with Crippen molar-refractivity contribution >= 4 is 34.6 Å². The average molecular weight is 381 g/mol. The molecule has 3 aromatic rings. The van der Waals surface area contributed by atoms with Crippen LogP contribution in [-0.4, -0.2) is 34.3 Å². The molecule has 0 fully saturated rings. The van der Waals surface area contributed by atoms with E-state index in [-0.39, 0.29) is 22.9 Å². The second-order valence-electron chi connectivity index (χ2n) is 6.29. The molecule has 1 amide bonds. The van der Waals surface area contributed by atoms with Crippen molar-refractivity contribution < 1.29 is 24.2 Å². The van der Waals surface area contributed by atoms with Crippen molar-refractivity contribution in [3.63, 3.8) is 0 Å². The highest BCUT2D eigenvalue weighted by molar-refractivity contribution is 6.13. The second-order valence-corrected chi connectivity index (χ2v) is 6.29. The number of carbonyl (C=O) groups is 3. The topological polar surface area (TPSA) is 123 Å². The van der Waals surface area contributed by atoms with E-state index in [0.29, 0.717) is 33.8 Å². The number of benzene rings is 1. The lowest BCUT2D eigenvalue weighted by atomic mass is 10.0. The number of ether oxygens (including phenoxy) is 1. The molecule has 0 unspecified atom stereocenters. The van der Waals surface area contributed by atoms with Gasteiger partial charge in [-0.2, -0.15) is 0 Å². The number of nitrogens with one attached hydrogen (secondary N) is 1. The van der Waals surface area contributed by atoms with Gasteiger partial charge >= 0.3 is 5.97 Å². The fraction of sp³-hybridized carbons (Fsp3) is 0.150. The summed E-state index contributed by atoms with van der Waals surface area (Å²) in [6.07, 6.45) is 1.56. The van der Waals surface area contributed by atoms with E-state index in [1.807, 2.05) is 0 Å². The summed E-state index contributed by atoms with van der Waals surface area (Å²) in [5.41, 5.74) is 7.80. The van der Waals surface area contributed by atoms with E-state index in [4.69, 9.17) is 10.5 Å². The minimum Gasteiger partial charge on any atom is -0.495 e. The van der Waals surface area contributed by atoms with Crippen LogP contribution < -0.4 is 15.8 Å². The molecule has 0 spiro atoms. The summed E-state index contributed by atoms with van der Waals surface area (Å²) < 4.78 is 6.68. The smallest absolute Gasteiger partial charge is 0.338 e. The standard InChI is InChI=1S/C20H19N3O5/c1-10-17(20(26)27)15-9-13(22-11(2)24)6-7-23(15)18(10)19(25)12-4-5-14(21)16(8-12)28-3/h4-9H,21H2,1-3H3,(H,22,24)(H,26,27). The molecule has 0 saturated carbocycles. The maximum absolute atomic E-state index is 13.2. The summed E-state index contributed by atoms with van der Waals surface area (Å²) in [5, 5.41) is 12.3. The van der Waals surface area contributed by atoms with E-state index in [2.05, 4.69) is 5.32 Å². The molecule has 0 aliphatic heterocycles. The summed E-state index contributed by atoms with van der Waals surface area (Å²) in [7, 11) is 1.45. The summed E-state index contributed by atoms with van der Waals surface area (Å²) >= 11 is 0. The molecule has 0 aliphatic rings. The highest BCUT2D eigenvalue weighted by atomic mass is 16.5. The van der Waals surface area contributed by atoms with E-state index in [1.54, 1.807) is 31.3 Å². The maximum Gasteiger partial charge on any atom is 0.338 e. The summed E-state index contributed by atoms with van der Waals surface area (Å²) in [6.45, 7) is 2.94. The first-order valence-electron chi connectivity index (χ1n) is 8.38. The van der Waals surface area contributed by atoms with Crippen molar-refractivity contribution in [1.82, 2.24) is 4.40 Å². The number of methoxy groups -OCH3 is 1. The van der Waals surface area contributed by atoms with Crippen LogP contribution in [0.15, 0.2) is 36.5 Å². The van der Waals surface area contributed by atoms with Gasteiger partial charge in [0.15, 0.2) is 0 Å². The Morgan fingerprint density at radius 3 is 2.50 bits per heavy atom. The number of nitrogens with zero attached hydrogens (tertiary/aromatic N) is 1. The molecule has 2 heterocycles. The van der Waals surface area contributed by atoms with Crippen LogP contribution in [0.4, 0.5) is 11.4 Å². The number of ketones is 1. The van der Waals surface area contributed by atoms with Gasteiger partial charge in [-0.1, -0.05) is 0 Å². The lowest BCUT2D eigenvalue weighted by Crippen LogP contribution is -2.09. The van der Waals surface area contributed by atoms with E-state index in [1.165, 1.54) is 30.6 Å². The Morgan fingerprint density at radius 2 is 1.89 bits per heavy atom. The highest BCUT2D eigenvalue weighted by Crippen LogP contribution is 2.29. The van der Waals surface area contributed by atoms with Gasteiger partial charge < -0.3 is 25.3 Å². The number of carboxylic acids is 1. The van der Waals surface area contributed by atoms with Crippen LogP contribution in [0, 0.1) is 6.92 Å². The normalized spacial score (nSPS) is 10.7. The number of nitrogen functional groups attached to an aromatic ring is 1. The molecule has 4 N–H and O–H groups in total. The molecule has 0 saturated heterocycles. The fourth-order valence-electron chi connectivity index (χ4n) is 3.20. The maximum atomic E-state index is 13.2. The molecule has 0 aliphatic carbocycles. The Hall–Kier alpha value is -3.81. The first kappa shape index (κ1) is 19.0. The molecule has 28 heavy (non-hydrogen) atoms. The predicted molar refractivity (Wildman–Crippen MR) is 104 cm³/mol. The number of hydrogen-bond donors (Lipinski definition) is 3. The van der Waals surface area contributed by atoms with Gasteiger partial charge in [0.05, 0.1) is 29.6 Å². The predicted octanol–water partition coefficient (Wildman–Crippen LogP) is 2.73. The van der Waals surface area contributed by atoms with Crippen LogP contribution in [0.25, 0.3) is 5.52 Å². The number of carboxylic acid groups (broad SMARTS) is 1. The fourth-order valence-corrected chi connectivity index (χ4v) is 3.20. The number of aromatic carboxylic acids is 1. The van der Waals surface area contributed by atoms with E-state index < -0.39 is 5.97 Å². The number of carbonyl (C=O) groups excluding carboxylic acids is 2. The zero-order valence-electron chi connectivity index (χ0n) is 15.6. The number of aromatic nitrogens is 1. The molecular formula is C20H19N3O5. The third-order valence-electron chi connectivity index (χ3n) is 4.43. The molecule has 144 valence electrons. The summed E-state index contributed by atoms with van der Waals surface area (Å²) in [6, 6.07) is 7.76. The Bertz CT molecular complexity index is 1130. The van der Waals surface area contributed by atoms with Crippen LogP contribution in [0.2, 0.25) is 0 Å². The van der Waals surface area contributed by atoms with Crippen molar-refractivity contribution in [2.75, 3.05) is 18.2 Å². The number of pyridine rings is 1. The number of hydrogen-bond acceptors (Lipinski definition) is 5. The quantitative estimate of drug-likeness (QED) is 0.461. The summed E-state index contributed by atoms with van der Waals surface area (Å²) in [5.74, 6) is -1.46. The third kappa shape index (κ3) is 3.16. The Labute approximate surface area is 160 Å². The Morgan fingerprint density at radius 1 is 1.18 bits per heavy atom. The minimum atomic E-state index is -1.16. The van der Waals surface area contributed by atoms with Gasteiger partial charge in [0.25, 0.3) is 0 Å². The summed E-state index contributed by atoms with van der Waals surface area (Å²) in [4.78, 5) is 36.3. The number of nitrogens with two attached hydrogens (primary N) is 1. The Kier molecular flexibility index (Phi) is 4.79. The van der Waals surface area contributed by atoms with Crippen molar-refractivity contribution in [1.29, 1.82) is 0 Å². The van der Waals surface area contributed by atoms with Gasteiger partial charge in [0.2, 0.25) is 11.7 Å². The first-order valence-corrected chi connectivity index (χ1v) is 8.38. The lowest BCUT2D eigenvalue weighted by Gasteiger charge is -2.09. The van der Waals surface area contributed by atoms with E-state index in [9.17, 15) is 19.5 Å². The zero-order chi connectivity index (χ0) is 20.6. The Balaban J connectivity index is 2.23. The van der Waals surface area contributed by atoms with Crippen LogP contribution >= 0.6 is 0 Å². The monoisotopic (exact) mass is 381 g/mol. The largest absolute Gasteiger partial charge is 0.495 e. The van der Waals surface area contributed by atoms with Crippen LogP contribution in [0.5, 0.6) is 5.75 Å². The van der Waals surface area contributed by atoms with Gasteiger partial charge in [0.1, 0.15) is 5.75 Å². The van der Waals surface area contributed by atoms with E-state index in [0.717, 1.165) is 0 Å². The molecule has 1 aromatic carbocycles. The van der Waals surface area contributed by atoms with Crippen molar-refractivity contribution in [3.05, 3.63) is 58.9 Å². The zero-order valence-corrected chi connectivity index (χ0v) is 15.6. The number of amides is 1. The highest BCUT2D eigenvalue weighted by Gasteiger charge is 2.25. The molecule has 0 atom stereocenters. The van der Waals surface area contributed by atoms with Crippen LogP contribution in [0.1, 0.15) is 38.9 Å². The first-order chi connectivity index (χ1) is 13.2. The molecule has 0 radical (unpaired) electrons. The number of fused-ring (bicyclic) bond motifs is 1. The van der Waals surface area contributed by atoms with Gasteiger partial charge in [0, 0.05) is 24.4 Å². The van der Waals surface area contributed by atoms with Crippen molar-refractivity contribution in [2.24, 2.45) is 0 Å². The molecular weight excluding hydrogens is 362 g/mol.